The zero-order valence-electron chi connectivity index (χ0n) is 15.9. The second-order valence-corrected chi connectivity index (χ2v) is 6.75. The molecule has 144 valence electrons. The monoisotopic (exact) mass is 370 g/mol. The summed E-state index contributed by atoms with van der Waals surface area (Å²) in [5.74, 6) is -2.01. The lowest BCUT2D eigenvalue weighted by atomic mass is 9.86. The number of hydrogen-bond donors (Lipinski definition) is 2. The molecule has 1 aliphatic heterocycles. The lowest BCUT2D eigenvalue weighted by Crippen LogP contribution is -2.29. The minimum atomic E-state index is -1.14. The number of rotatable bonds is 6. The number of carboxylic acid groups (broad SMARTS) is 2. The van der Waals surface area contributed by atoms with Gasteiger partial charge < -0.3 is 14.9 Å². The van der Waals surface area contributed by atoms with Crippen LogP contribution in [-0.2, 0) is 19.9 Å². The van der Waals surface area contributed by atoms with Crippen LogP contribution < -0.4 is 0 Å². The Labute approximate surface area is 159 Å². The lowest BCUT2D eigenvalue weighted by molar-refractivity contribution is -0.143. The fourth-order valence-corrected chi connectivity index (χ4v) is 3.30. The molecule has 0 aliphatic carbocycles. The molecule has 0 amide bonds. The van der Waals surface area contributed by atoms with Crippen molar-refractivity contribution in [3.8, 4) is 0 Å². The van der Waals surface area contributed by atoms with Crippen molar-refractivity contribution in [2.45, 2.75) is 50.7 Å². The first-order valence-electron chi connectivity index (χ1n) is 9.09. The summed E-state index contributed by atoms with van der Waals surface area (Å²) in [5.41, 5.74) is -0.0993. The molecule has 3 atom stereocenters. The van der Waals surface area contributed by atoms with Crippen LogP contribution in [0.3, 0.4) is 0 Å². The minimum Gasteiger partial charge on any atom is -0.481 e. The van der Waals surface area contributed by atoms with Crippen molar-refractivity contribution in [3.63, 3.8) is 0 Å². The SMILES string of the molecule is CCC(C(=O)O)c1ccccc1.CCC1(C)OC1(C(=O)O)c1ccccc1. The van der Waals surface area contributed by atoms with Gasteiger partial charge in [0.25, 0.3) is 0 Å². The molecule has 0 spiro atoms. The Kier molecular flexibility index (Phi) is 6.39. The van der Waals surface area contributed by atoms with E-state index < -0.39 is 23.1 Å². The van der Waals surface area contributed by atoms with Gasteiger partial charge in [0, 0.05) is 0 Å². The normalized spacial score (nSPS) is 24.3. The molecule has 0 saturated carbocycles. The van der Waals surface area contributed by atoms with Crippen molar-refractivity contribution in [1.82, 2.24) is 0 Å². The lowest BCUT2D eigenvalue weighted by Gasteiger charge is -2.11. The van der Waals surface area contributed by atoms with E-state index >= 15 is 0 Å². The highest BCUT2D eigenvalue weighted by Gasteiger charge is 2.72. The van der Waals surface area contributed by atoms with Gasteiger partial charge in [0.1, 0.15) is 5.60 Å². The summed E-state index contributed by atoms with van der Waals surface area (Å²) >= 11 is 0. The predicted molar refractivity (Wildman–Crippen MR) is 103 cm³/mol. The molecule has 3 unspecified atom stereocenters. The highest BCUT2D eigenvalue weighted by atomic mass is 16.6. The molecule has 2 aromatic rings. The van der Waals surface area contributed by atoms with E-state index in [2.05, 4.69) is 0 Å². The molecule has 2 N–H and O–H groups in total. The Bertz CT molecular complexity index is 774. The van der Waals surface area contributed by atoms with Gasteiger partial charge in [-0.25, -0.2) is 4.79 Å². The van der Waals surface area contributed by atoms with E-state index in [4.69, 9.17) is 9.84 Å². The molecule has 0 aromatic heterocycles. The number of carbonyl (C=O) groups is 2. The summed E-state index contributed by atoms with van der Waals surface area (Å²) in [7, 11) is 0. The van der Waals surface area contributed by atoms with E-state index in [1.807, 2.05) is 69.3 Å². The number of carboxylic acids is 2. The van der Waals surface area contributed by atoms with Gasteiger partial charge in [-0.3, -0.25) is 4.79 Å². The van der Waals surface area contributed by atoms with Gasteiger partial charge in [-0.15, -0.1) is 0 Å². The quantitative estimate of drug-likeness (QED) is 0.735. The van der Waals surface area contributed by atoms with Gasteiger partial charge in [0.15, 0.2) is 0 Å². The molecule has 1 fully saturated rings. The fourth-order valence-electron chi connectivity index (χ4n) is 3.30. The highest BCUT2D eigenvalue weighted by Crippen LogP contribution is 2.57. The van der Waals surface area contributed by atoms with Gasteiger partial charge in [-0.2, -0.15) is 0 Å². The molecule has 1 aliphatic rings. The first-order valence-corrected chi connectivity index (χ1v) is 9.09. The molecule has 0 bridgehead atoms. The average Bonchev–Trinajstić information content (AvgIpc) is 3.32. The summed E-state index contributed by atoms with van der Waals surface area (Å²) in [4.78, 5) is 22.1. The summed E-state index contributed by atoms with van der Waals surface area (Å²) in [5, 5.41) is 18.1. The number of epoxide rings is 1. The smallest absolute Gasteiger partial charge is 0.343 e. The Morgan fingerprint density at radius 2 is 1.48 bits per heavy atom. The number of aliphatic carboxylic acids is 2. The first kappa shape index (κ1) is 20.6. The van der Waals surface area contributed by atoms with Crippen molar-refractivity contribution in [2.24, 2.45) is 0 Å². The van der Waals surface area contributed by atoms with E-state index in [1.165, 1.54) is 0 Å². The molecule has 2 aromatic carbocycles. The van der Waals surface area contributed by atoms with Crippen LogP contribution in [-0.4, -0.2) is 27.8 Å². The van der Waals surface area contributed by atoms with Crippen LogP contribution in [0.4, 0.5) is 0 Å². The Hall–Kier alpha value is -2.66. The van der Waals surface area contributed by atoms with Crippen molar-refractivity contribution in [1.29, 1.82) is 0 Å². The van der Waals surface area contributed by atoms with E-state index in [0.29, 0.717) is 12.8 Å². The van der Waals surface area contributed by atoms with Crippen LogP contribution in [0, 0.1) is 0 Å². The van der Waals surface area contributed by atoms with Crippen LogP contribution >= 0.6 is 0 Å². The second kappa shape index (κ2) is 8.35. The van der Waals surface area contributed by atoms with Gasteiger partial charge in [0.05, 0.1) is 5.92 Å². The number of ether oxygens (including phenoxy) is 1. The minimum absolute atomic E-state index is 0.355. The second-order valence-electron chi connectivity index (χ2n) is 6.75. The molecule has 0 radical (unpaired) electrons. The third-order valence-corrected chi connectivity index (χ3v) is 5.15. The Morgan fingerprint density at radius 3 is 1.85 bits per heavy atom. The van der Waals surface area contributed by atoms with E-state index in [1.54, 1.807) is 12.1 Å². The van der Waals surface area contributed by atoms with Crippen LogP contribution in [0.2, 0.25) is 0 Å². The standard InChI is InChI=1S/C12H14O3.C10H12O2/c1-3-11(2)12(15-11,10(13)14)9-7-5-4-6-8-9;1-2-9(10(11)12)8-6-4-3-5-7-8/h4-8H,3H2,1-2H3,(H,13,14);3-7,9H,2H2,1H3,(H,11,12). The van der Waals surface area contributed by atoms with Crippen LogP contribution in [0.25, 0.3) is 0 Å². The third kappa shape index (κ3) is 4.03. The largest absolute Gasteiger partial charge is 0.481 e. The molecule has 1 heterocycles. The summed E-state index contributed by atoms with van der Waals surface area (Å²) in [6.45, 7) is 5.66. The first-order chi connectivity index (χ1) is 12.8. The molecule has 1 saturated heterocycles. The number of benzene rings is 2. The maximum atomic E-state index is 11.3. The topological polar surface area (TPSA) is 87.1 Å². The highest BCUT2D eigenvalue weighted by molar-refractivity contribution is 5.84. The van der Waals surface area contributed by atoms with Crippen molar-refractivity contribution < 1.29 is 24.5 Å². The third-order valence-electron chi connectivity index (χ3n) is 5.15. The van der Waals surface area contributed by atoms with Crippen molar-refractivity contribution in [3.05, 3.63) is 71.8 Å². The maximum absolute atomic E-state index is 11.3. The number of hydrogen-bond acceptors (Lipinski definition) is 3. The molecule has 5 nitrogen and oxygen atoms in total. The average molecular weight is 370 g/mol. The molecular formula is C22H26O5. The molecular weight excluding hydrogens is 344 g/mol. The van der Waals surface area contributed by atoms with Gasteiger partial charge in [-0.1, -0.05) is 74.5 Å². The zero-order valence-corrected chi connectivity index (χ0v) is 15.9. The van der Waals surface area contributed by atoms with E-state index in [-0.39, 0.29) is 5.92 Å². The Morgan fingerprint density at radius 1 is 0.963 bits per heavy atom. The van der Waals surface area contributed by atoms with Crippen LogP contribution in [0.15, 0.2) is 60.7 Å². The van der Waals surface area contributed by atoms with Crippen LogP contribution in [0.5, 0.6) is 0 Å². The van der Waals surface area contributed by atoms with E-state index in [9.17, 15) is 14.7 Å². The molecule has 3 rings (SSSR count). The Balaban J connectivity index is 0.000000199. The van der Waals surface area contributed by atoms with Crippen molar-refractivity contribution in [2.75, 3.05) is 0 Å². The fraction of sp³-hybridized carbons (Fsp3) is 0.364. The maximum Gasteiger partial charge on any atom is 0.343 e. The molecule has 27 heavy (non-hydrogen) atoms. The summed E-state index contributed by atoms with van der Waals surface area (Å²) in [6.07, 6.45) is 1.33. The molecule has 5 heteroatoms. The zero-order chi connectivity index (χ0) is 20.1. The predicted octanol–water partition coefficient (Wildman–Crippen LogP) is 4.43. The van der Waals surface area contributed by atoms with Crippen LogP contribution in [0.1, 0.15) is 50.7 Å². The van der Waals surface area contributed by atoms with E-state index in [0.717, 1.165) is 11.1 Å². The van der Waals surface area contributed by atoms with Gasteiger partial charge in [-0.05, 0) is 30.9 Å². The van der Waals surface area contributed by atoms with Gasteiger partial charge >= 0.3 is 11.9 Å². The van der Waals surface area contributed by atoms with Gasteiger partial charge in [0.2, 0.25) is 5.60 Å². The summed E-state index contributed by atoms with van der Waals surface area (Å²) in [6, 6.07) is 18.4. The summed E-state index contributed by atoms with van der Waals surface area (Å²) < 4.78 is 5.49. The van der Waals surface area contributed by atoms with Crippen molar-refractivity contribution >= 4 is 11.9 Å².